The predicted octanol–water partition coefficient (Wildman–Crippen LogP) is 3.35. The summed E-state index contributed by atoms with van der Waals surface area (Å²) in [5.74, 6) is -2.98. The van der Waals surface area contributed by atoms with Crippen molar-refractivity contribution in [2.45, 2.75) is 20.1 Å². The van der Waals surface area contributed by atoms with Gasteiger partial charge in [-0.2, -0.15) is 5.10 Å². The summed E-state index contributed by atoms with van der Waals surface area (Å²) in [5.41, 5.74) is -0.855. The lowest BCUT2D eigenvalue weighted by atomic mass is 10.1. The summed E-state index contributed by atoms with van der Waals surface area (Å²) in [6.07, 6.45) is 0. The zero-order chi connectivity index (χ0) is 20.4. The van der Waals surface area contributed by atoms with E-state index in [0.29, 0.717) is 6.54 Å². The van der Waals surface area contributed by atoms with E-state index >= 15 is 0 Å². The number of benzene rings is 2. The number of phenols is 1. The number of para-hydroxylation sites is 1. The molecule has 0 saturated carbocycles. The summed E-state index contributed by atoms with van der Waals surface area (Å²) < 4.78 is 29.8. The van der Waals surface area contributed by atoms with E-state index in [-0.39, 0.29) is 27.9 Å². The standard InChI is InChI=1S/C18H15ClF2N4O3/c1-2-25-15(8-26)22-17(24-25)9-7-14(27)10(6-13(9)21)18(28)23-16-11(19)4-3-5-12(16)20/h3-7,26-27H,2,8H2,1H3,(H,23,28). The Hall–Kier alpha value is -3.04. The van der Waals surface area contributed by atoms with Crippen molar-refractivity contribution in [2.75, 3.05) is 5.32 Å². The quantitative estimate of drug-likeness (QED) is 0.601. The molecule has 0 aliphatic rings. The highest BCUT2D eigenvalue weighted by Crippen LogP contribution is 2.30. The van der Waals surface area contributed by atoms with Crippen molar-refractivity contribution in [2.24, 2.45) is 0 Å². The highest BCUT2D eigenvalue weighted by Gasteiger charge is 2.21. The predicted molar refractivity (Wildman–Crippen MR) is 98.0 cm³/mol. The summed E-state index contributed by atoms with van der Waals surface area (Å²) in [5, 5.41) is 25.7. The molecule has 1 heterocycles. The van der Waals surface area contributed by atoms with Crippen molar-refractivity contribution in [3.8, 4) is 17.1 Å². The van der Waals surface area contributed by atoms with Crippen LogP contribution in [0.5, 0.6) is 5.75 Å². The van der Waals surface area contributed by atoms with Gasteiger partial charge in [-0.3, -0.25) is 4.79 Å². The van der Waals surface area contributed by atoms with Crippen molar-refractivity contribution in [1.29, 1.82) is 0 Å². The molecule has 1 aromatic heterocycles. The maximum absolute atomic E-state index is 14.6. The summed E-state index contributed by atoms with van der Waals surface area (Å²) in [7, 11) is 0. The maximum atomic E-state index is 14.6. The first kappa shape index (κ1) is 19.7. The zero-order valence-electron chi connectivity index (χ0n) is 14.6. The fraction of sp³-hybridized carbons (Fsp3) is 0.167. The van der Waals surface area contributed by atoms with Crippen LogP contribution in [0.1, 0.15) is 23.1 Å². The minimum absolute atomic E-state index is 0.0456. The molecule has 0 aliphatic heterocycles. The molecule has 0 saturated heterocycles. The molecule has 3 aromatic rings. The van der Waals surface area contributed by atoms with Gasteiger partial charge in [0.2, 0.25) is 0 Å². The zero-order valence-corrected chi connectivity index (χ0v) is 15.3. The molecule has 0 spiro atoms. The highest BCUT2D eigenvalue weighted by atomic mass is 35.5. The van der Waals surface area contributed by atoms with Gasteiger partial charge in [0.05, 0.1) is 21.8 Å². The third kappa shape index (κ3) is 3.67. The second kappa shape index (κ2) is 7.91. The first-order valence-corrected chi connectivity index (χ1v) is 8.56. The molecule has 0 aliphatic carbocycles. The van der Waals surface area contributed by atoms with Gasteiger partial charge in [-0.15, -0.1) is 0 Å². The van der Waals surface area contributed by atoms with E-state index < -0.39 is 35.5 Å². The van der Waals surface area contributed by atoms with Gasteiger partial charge in [0.15, 0.2) is 11.6 Å². The molecule has 3 N–H and O–H groups in total. The average molecular weight is 409 g/mol. The first-order chi connectivity index (χ1) is 13.3. The smallest absolute Gasteiger partial charge is 0.259 e. The molecule has 0 bridgehead atoms. The molecule has 146 valence electrons. The number of amides is 1. The van der Waals surface area contributed by atoms with Gasteiger partial charge in [0, 0.05) is 6.54 Å². The molecule has 1 amide bonds. The Morgan fingerprint density at radius 2 is 2.04 bits per heavy atom. The third-order valence-electron chi connectivity index (χ3n) is 3.96. The molecular weight excluding hydrogens is 394 g/mol. The lowest BCUT2D eigenvalue weighted by Gasteiger charge is -2.10. The van der Waals surface area contributed by atoms with Gasteiger partial charge in [-0.25, -0.2) is 18.4 Å². The monoisotopic (exact) mass is 408 g/mol. The molecular formula is C18H15ClF2N4O3. The SMILES string of the molecule is CCn1nc(-c2cc(O)c(C(=O)Nc3c(F)cccc3Cl)cc2F)nc1CO. The van der Waals surface area contributed by atoms with Crippen molar-refractivity contribution in [1.82, 2.24) is 14.8 Å². The number of carbonyl (C=O) groups is 1. The van der Waals surface area contributed by atoms with E-state index in [2.05, 4.69) is 15.4 Å². The van der Waals surface area contributed by atoms with Gasteiger partial charge in [0.25, 0.3) is 5.91 Å². The van der Waals surface area contributed by atoms with E-state index in [0.717, 1.165) is 18.2 Å². The Labute approximate surface area is 163 Å². The van der Waals surface area contributed by atoms with E-state index in [9.17, 15) is 23.8 Å². The highest BCUT2D eigenvalue weighted by molar-refractivity contribution is 6.34. The van der Waals surface area contributed by atoms with Crippen LogP contribution in [0.2, 0.25) is 5.02 Å². The number of halogens is 3. The van der Waals surface area contributed by atoms with Crippen LogP contribution >= 0.6 is 11.6 Å². The van der Waals surface area contributed by atoms with Crippen LogP contribution in [-0.2, 0) is 13.2 Å². The van der Waals surface area contributed by atoms with Gasteiger partial charge < -0.3 is 15.5 Å². The van der Waals surface area contributed by atoms with Crippen LogP contribution in [0.4, 0.5) is 14.5 Å². The molecule has 10 heteroatoms. The minimum Gasteiger partial charge on any atom is -0.507 e. The largest absolute Gasteiger partial charge is 0.507 e. The van der Waals surface area contributed by atoms with Gasteiger partial charge in [-0.05, 0) is 31.2 Å². The number of nitrogens with zero attached hydrogens (tertiary/aromatic N) is 3. The number of aliphatic hydroxyl groups is 1. The molecule has 3 rings (SSSR count). The third-order valence-corrected chi connectivity index (χ3v) is 4.28. The maximum Gasteiger partial charge on any atom is 0.259 e. The summed E-state index contributed by atoms with van der Waals surface area (Å²) in [4.78, 5) is 16.4. The average Bonchev–Trinajstić information content (AvgIpc) is 3.09. The van der Waals surface area contributed by atoms with Crippen LogP contribution in [0.3, 0.4) is 0 Å². The van der Waals surface area contributed by atoms with E-state index in [1.807, 2.05) is 0 Å². The number of nitrogens with one attached hydrogen (secondary N) is 1. The molecule has 0 fully saturated rings. The van der Waals surface area contributed by atoms with E-state index in [1.54, 1.807) is 6.92 Å². The number of phenolic OH excluding ortho intramolecular Hbond substituents is 1. The Kier molecular flexibility index (Phi) is 5.57. The lowest BCUT2D eigenvalue weighted by Crippen LogP contribution is -2.14. The van der Waals surface area contributed by atoms with Gasteiger partial charge in [0.1, 0.15) is 24.0 Å². The van der Waals surface area contributed by atoms with Crippen LogP contribution in [0.15, 0.2) is 30.3 Å². The van der Waals surface area contributed by atoms with Crippen LogP contribution in [0, 0.1) is 11.6 Å². The van der Waals surface area contributed by atoms with Crippen LogP contribution in [0.25, 0.3) is 11.4 Å². The number of anilines is 1. The van der Waals surface area contributed by atoms with E-state index in [4.69, 9.17) is 11.6 Å². The topological polar surface area (TPSA) is 100 Å². The first-order valence-electron chi connectivity index (χ1n) is 8.18. The lowest BCUT2D eigenvalue weighted by molar-refractivity contribution is 0.102. The number of aromatic nitrogens is 3. The van der Waals surface area contributed by atoms with Crippen LogP contribution < -0.4 is 5.32 Å². The van der Waals surface area contributed by atoms with Crippen molar-refractivity contribution in [3.63, 3.8) is 0 Å². The Morgan fingerprint density at radius 1 is 1.29 bits per heavy atom. The number of aryl methyl sites for hydroxylation is 1. The number of carbonyl (C=O) groups excluding carboxylic acids is 1. The number of hydrogen-bond acceptors (Lipinski definition) is 5. The Morgan fingerprint density at radius 3 is 2.64 bits per heavy atom. The number of aliphatic hydroxyl groups excluding tert-OH is 1. The van der Waals surface area contributed by atoms with E-state index in [1.165, 1.54) is 16.8 Å². The summed E-state index contributed by atoms with van der Waals surface area (Å²) in [6, 6.07) is 5.61. The van der Waals surface area contributed by atoms with Crippen LogP contribution in [-0.4, -0.2) is 30.9 Å². The van der Waals surface area contributed by atoms with Crippen molar-refractivity contribution in [3.05, 3.63) is 58.4 Å². The fourth-order valence-corrected chi connectivity index (χ4v) is 2.78. The Balaban J connectivity index is 1.96. The molecule has 28 heavy (non-hydrogen) atoms. The molecule has 0 radical (unpaired) electrons. The Bertz CT molecular complexity index is 1010. The number of hydrogen-bond donors (Lipinski definition) is 3. The molecule has 2 aromatic carbocycles. The normalized spacial score (nSPS) is 10.9. The number of rotatable bonds is 5. The molecule has 0 unspecified atom stereocenters. The minimum atomic E-state index is -0.946. The number of aromatic hydroxyl groups is 1. The van der Waals surface area contributed by atoms with Crippen molar-refractivity contribution < 1.29 is 23.8 Å². The molecule has 7 nitrogen and oxygen atoms in total. The molecule has 0 atom stereocenters. The second-order valence-corrected chi connectivity index (χ2v) is 6.13. The van der Waals surface area contributed by atoms with Gasteiger partial charge >= 0.3 is 0 Å². The summed E-state index contributed by atoms with van der Waals surface area (Å²) >= 11 is 5.85. The van der Waals surface area contributed by atoms with Crippen molar-refractivity contribution >= 4 is 23.2 Å². The van der Waals surface area contributed by atoms with Gasteiger partial charge in [-0.1, -0.05) is 17.7 Å². The summed E-state index contributed by atoms with van der Waals surface area (Å²) in [6.45, 7) is 1.78. The fourth-order valence-electron chi connectivity index (χ4n) is 2.57. The second-order valence-electron chi connectivity index (χ2n) is 5.73.